The van der Waals surface area contributed by atoms with E-state index >= 15 is 0 Å². The number of rotatable bonds is 7. The summed E-state index contributed by atoms with van der Waals surface area (Å²) in [5, 5.41) is 30.9. The Bertz CT molecular complexity index is 1040. The minimum Gasteiger partial charge on any atom is -0.508 e. The van der Waals surface area contributed by atoms with Crippen LogP contribution in [0.25, 0.3) is 0 Å². The highest BCUT2D eigenvalue weighted by atomic mass is 19.1. The molecule has 1 unspecified atom stereocenters. The number of nitrogens with zero attached hydrogens (tertiary/aromatic N) is 2. The van der Waals surface area contributed by atoms with Gasteiger partial charge in [-0.2, -0.15) is 5.26 Å². The summed E-state index contributed by atoms with van der Waals surface area (Å²) in [6, 6.07) is 7.29. The summed E-state index contributed by atoms with van der Waals surface area (Å²) in [5.41, 5.74) is -0.876. The lowest BCUT2D eigenvalue weighted by atomic mass is 9.85. The van der Waals surface area contributed by atoms with E-state index in [0.717, 1.165) is 0 Å². The highest BCUT2D eigenvalue weighted by Crippen LogP contribution is 2.32. The number of Topliss-reactive ketones (excluding diaryl/α,β-unsaturated/α-hetero) is 1. The summed E-state index contributed by atoms with van der Waals surface area (Å²) >= 11 is 0. The first kappa shape index (κ1) is 24.0. The van der Waals surface area contributed by atoms with E-state index in [1.807, 2.05) is 20.8 Å². The number of pyridine rings is 1. The number of nitrogens with one attached hydrogen (secondary N) is 1. The molecule has 1 amide bonds. The number of carbonyl (C=O) groups is 2. The van der Waals surface area contributed by atoms with Gasteiger partial charge in [0.1, 0.15) is 28.6 Å². The Morgan fingerprint density at radius 1 is 1.19 bits per heavy atom. The molecule has 0 aliphatic carbocycles. The van der Waals surface area contributed by atoms with Crippen molar-refractivity contribution in [1.82, 2.24) is 10.3 Å². The van der Waals surface area contributed by atoms with Gasteiger partial charge in [0.15, 0.2) is 0 Å². The maximum Gasteiger partial charge on any atom is 0.271 e. The van der Waals surface area contributed by atoms with Crippen molar-refractivity contribution in [3.63, 3.8) is 0 Å². The van der Waals surface area contributed by atoms with Crippen molar-refractivity contribution in [1.29, 1.82) is 5.26 Å². The van der Waals surface area contributed by atoms with E-state index in [0.29, 0.717) is 11.1 Å². The number of hydrogen-bond acceptors (Lipinski definition) is 6. The number of aliphatic hydroxyl groups is 1. The summed E-state index contributed by atoms with van der Waals surface area (Å²) in [5.74, 6) is -1.60. The molecule has 1 heterocycles. The van der Waals surface area contributed by atoms with Gasteiger partial charge in [0.05, 0.1) is 12.7 Å². The third-order valence-electron chi connectivity index (χ3n) is 4.77. The molecule has 0 bridgehead atoms. The van der Waals surface area contributed by atoms with Crippen molar-refractivity contribution >= 4 is 11.7 Å². The average molecular weight is 427 g/mol. The van der Waals surface area contributed by atoms with E-state index in [4.69, 9.17) is 5.26 Å². The monoisotopic (exact) mass is 427 g/mol. The SMILES string of the molecule is CC(C#N)(CO)NC(=O)c1cc(CC(=O)Cc2cc(O)c(C(C)(C)C)cc2F)ccn1. The van der Waals surface area contributed by atoms with Crippen LogP contribution in [0, 0.1) is 17.1 Å². The zero-order valence-corrected chi connectivity index (χ0v) is 18.0. The van der Waals surface area contributed by atoms with Crippen LogP contribution in [0.15, 0.2) is 30.5 Å². The molecule has 8 heteroatoms. The molecule has 0 spiro atoms. The van der Waals surface area contributed by atoms with Gasteiger partial charge in [0, 0.05) is 24.6 Å². The summed E-state index contributed by atoms with van der Waals surface area (Å²) in [4.78, 5) is 28.7. The molecule has 1 atom stereocenters. The number of aromatic nitrogens is 1. The second-order valence-corrected chi connectivity index (χ2v) is 8.71. The molecule has 0 aliphatic rings. The smallest absolute Gasteiger partial charge is 0.271 e. The van der Waals surface area contributed by atoms with Crippen LogP contribution in [0.5, 0.6) is 5.75 Å². The molecule has 2 aromatic rings. The fourth-order valence-corrected chi connectivity index (χ4v) is 2.97. The predicted octanol–water partition coefficient (Wildman–Crippen LogP) is 2.58. The number of hydrogen-bond donors (Lipinski definition) is 3. The number of carbonyl (C=O) groups excluding carboxylic acids is 2. The van der Waals surface area contributed by atoms with E-state index in [-0.39, 0.29) is 35.6 Å². The molecule has 0 aliphatic heterocycles. The molecule has 164 valence electrons. The van der Waals surface area contributed by atoms with Crippen molar-refractivity contribution in [3.8, 4) is 11.8 Å². The Labute approximate surface area is 180 Å². The molecule has 3 N–H and O–H groups in total. The number of amides is 1. The highest BCUT2D eigenvalue weighted by Gasteiger charge is 2.26. The zero-order chi connectivity index (χ0) is 23.4. The standard InChI is InChI=1S/C23H26FN3O4/c1-22(2,3)17-11-18(24)15(10-20(17)30)9-16(29)7-14-5-6-26-19(8-14)21(31)27-23(4,12-25)13-28/h5-6,8,10-11,28,30H,7,9,13H2,1-4H3,(H,27,31). The van der Waals surface area contributed by atoms with Gasteiger partial charge in [-0.1, -0.05) is 20.8 Å². The van der Waals surface area contributed by atoms with Crippen LogP contribution >= 0.6 is 0 Å². The summed E-state index contributed by atoms with van der Waals surface area (Å²) in [6.45, 7) is 6.35. The third kappa shape index (κ3) is 6.09. The minimum absolute atomic E-state index is 0.0152. The van der Waals surface area contributed by atoms with Gasteiger partial charge < -0.3 is 15.5 Å². The van der Waals surface area contributed by atoms with Crippen LogP contribution in [0.3, 0.4) is 0 Å². The number of nitriles is 1. The third-order valence-corrected chi connectivity index (χ3v) is 4.77. The minimum atomic E-state index is -1.46. The number of benzene rings is 1. The van der Waals surface area contributed by atoms with Crippen LogP contribution in [0.2, 0.25) is 0 Å². The molecular weight excluding hydrogens is 401 g/mol. The molecule has 2 rings (SSSR count). The van der Waals surface area contributed by atoms with Crippen molar-refractivity contribution in [2.45, 2.75) is 51.5 Å². The van der Waals surface area contributed by atoms with Crippen LogP contribution in [-0.4, -0.2) is 39.0 Å². The number of aromatic hydroxyl groups is 1. The van der Waals surface area contributed by atoms with Gasteiger partial charge in [0.2, 0.25) is 0 Å². The molecule has 1 aromatic carbocycles. The predicted molar refractivity (Wildman–Crippen MR) is 112 cm³/mol. The van der Waals surface area contributed by atoms with Gasteiger partial charge >= 0.3 is 0 Å². The topological polar surface area (TPSA) is 123 Å². The summed E-state index contributed by atoms with van der Waals surface area (Å²) in [6.07, 6.45) is 1.06. The number of halogens is 1. The Kier molecular flexibility index (Phi) is 7.13. The van der Waals surface area contributed by atoms with Crippen LogP contribution in [0.4, 0.5) is 4.39 Å². The Morgan fingerprint density at radius 2 is 1.87 bits per heavy atom. The lowest BCUT2D eigenvalue weighted by molar-refractivity contribution is -0.117. The fraction of sp³-hybridized carbons (Fsp3) is 0.391. The quantitative estimate of drug-likeness (QED) is 0.624. The van der Waals surface area contributed by atoms with Gasteiger partial charge in [-0.3, -0.25) is 14.6 Å². The van der Waals surface area contributed by atoms with Gasteiger partial charge in [-0.25, -0.2) is 4.39 Å². The zero-order valence-electron chi connectivity index (χ0n) is 18.0. The van der Waals surface area contributed by atoms with Crippen molar-refractivity contribution in [3.05, 3.63) is 58.7 Å². The molecule has 0 fully saturated rings. The van der Waals surface area contributed by atoms with E-state index in [2.05, 4.69) is 10.3 Å². The first-order chi connectivity index (χ1) is 14.4. The number of ketones is 1. The highest BCUT2D eigenvalue weighted by molar-refractivity contribution is 5.93. The van der Waals surface area contributed by atoms with Crippen LogP contribution < -0.4 is 5.32 Å². The molecule has 1 aromatic heterocycles. The van der Waals surface area contributed by atoms with E-state index in [1.165, 1.54) is 31.3 Å². The molecule has 31 heavy (non-hydrogen) atoms. The van der Waals surface area contributed by atoms with Crippen LogP contribution in [0.1, 0.15) is 54.9 Å². The number of phenols is 1. The molecular formula is C23H26FN3O4. The normalized spacial score (nSPS) is 13.2. The van der Waals surface area contributed by atoms with Crippen LogP contribution in [-0.2, 0) is 23.1 Å². The average Bonchev–Trinajstić information content (AvgIpc) is 2.69. The lowest BCUT2D eigenvalue weighted by Gasteiger charge is -2.21. The second kappa shape index (κ2) is 9.23. The summed E-state index contributed by atoms with van der Waals surface area (Å²) in [7, 11) is 0. The van der Waals surface area contributed by atoms with Crippen molar-refractivity contribution in [2.75, 3.05) is 6.61 Å². The largest absolute Gasteiger partial charge is 0.508 e. The Balaban J connectivity index is 2.14. The van der Waals surface area contributed by atoms with Gasteiger partial charge in [-0.05, 0) is 47.7 Å². The second-order valence-electron chi connectivity index (χ2n) is 8.71. The molecule has 0 radical (unpaired) electrons. The van der Waals surface area contributed by atoms with E-state index in [1.54, 1.807) is 12.1 Å². The molecule has 0 saturated carbocycles. The van der Waals surface area contributed by atoms with Gasteiger partial charge in [-0.15, -0.1) is 0 Å². The first-order valence-electron chi connectivity index (χ1n) is 9.71. The summed E-state index contributed by atoms with van der Waals surface area (Å²) < 4.78 is 14.5. The number of aliphatic hydroxyl groups excluding tert-OH is 1. The Morgan fingerprint density at radius 3 is 2.45 bits per heavy atom. The van der Waals surface area contributed by atoms with E-state index in [9.17, 15) is 24.2 Å². The fourth-order valence-electron chi connectivity index (χ4n) is 2.97. The van der Waals surface area contributed by atoms with Crippen molar-refractivity contribution in [2.24, 2.45) is 0 Å². The number of phenolic OH excluding ortho intramolecular Hbond substituents is 1. The maximum absolute atomic E-state index is 14.5. The lowest BCUT2D eigenvalue weighted by Crippen LogP contribution is -2.48. The van der Waals surface area contributed by atoms with Gasteiger partial charge in [0.25, 0.3) is 5.91 Å². The van der Waals surface area contributed by atoms with E-state index < -0.39 is 29.3 Å². The Hall–Kier alpha value is -3.31. The first-order valence-corrected chi connectivity index (χ1v) is 9.71. The molecule has 0 saturated heterocycles. The maximum atomic E-state index is 14.5. The van der Waals surface area contributed by atoms with Crippen molar-refractivity contribution < 1.29 is 24.2 Å². The molecule has 7 nitrogen and oxygen atoms in total.